The maximum absolute atomic E-state index is 5.42. The van der Waals surface area contributed by atoms with Crippen LogP contribution in [0.4, 0.5) is 0 Å². The van der Waals surface area contributed by atoms with Crippen molar-refractivity contribution in [1.82, 2.24) is 14.4 Å². The highest BCUT2D eigenvalue weighted by Crippen LogP contribution is 2.34. The van der Waals surface area contributed by atoms with Crippen molar-refractivity contribution >= 4 is 21.4 Å². The molecule has 0 bridgehead atoms. The van der Waals surface area contributed by atoms with Crippen LogP contribution in [0, 0.1) is 0 Å². The molecule has 0 N–H and O–H groups in total. The summed E-state index contributed by atoms with van der Waals surface area (Å²) in [5, 5.41) is 0. The summed E-state index contributed by atoms with van der Waals surface area (Å²) in [5.41, 5.74) is 1.76. The molecule has 0 unspecified atom stereocenters. The molecule has 0 spiro atoms. The molecule has 0 saturated carbocycles. The minimum atomic E-state index is 0.738. The Balaban J connectivity index is 2.30. The van der Waals surface area contributed by atoms with E-state index in [4.69, 9.17) is 9.47 Å². The van der Waals surface area contributed by atoms with E-state index < -0.39 is 0 Å². The van der Waals surface area contributed by atoms with Crippen LogP contribution < -0.4 is 9.47 Å². The summed E-state index contributed by atoms with van der Waals surface area (Å²) >= 11 is 3.45. The maximum atomic E-state index is 5.42. The Morgan fingerprint density at radius 3 is 2.80 bits per heavy atom. The van der Waals surface area contributed by atoms with Crippen molar-refractivity contribution in [3.05, 3.63) is 41.4 Å². The molecule has 0 aliphatic heterocycles. The summed E-state index contributed by atoms with van der Waals surface area (Å²) in [6.45, 7) is 0. The molecule has 0 fully saturated rings. The predicted octanol–water partition coefficient (Wildman–Crippen LogP) is 3.18. The average molecular weight is 334 g/mol. The minimum absolute atomic E-state index is 0.738. The first-order valence-corrected chi connectivity index (χ1v) is 6.74. The quantitative estimate of drug-likeness (QED) is 0.738. The first kappa shape index (κ1) is 12.9. The summed E-state index contributed by atoms with van der Waals surface area (Å²) in [4.78, 5) is 8.66. The van der Waals surface area contributed by atoms with E-state index in [1.165, 1.54) is 0 Å². The van der Waals surface area contributed by atoms with Crippen molar-refractivity contribution in [1.29, 1.82) is 0 Å². The number of nitrogens with zero attached hydrogens (tertiary/aromatic N) is 3. The number of hydrogen-bond acceptors (Lipinski definition) is 4. The smallest absolute Gasteiger partial charge is 0.149 e. The Hall–Kier alpha value is -2.08. The lowest BCUT2D eigenvalue weighted by Gasteiger charge is -2.09. The van der Waals surface area contributed by atoms with Gasteiger partial charge < -0.3 is 9.47 Å². The molecular weight excluding hydrogens is 322 g/mol. The van der Waals surface area contributed by atoms with Gasteiger partial charge in [0, 0.05) is 12.4 Å². The summed E-state index contributed by atoms with van der Waals surface area (Å²) < 4.78 is 13.4. The fourth-order valence-corrected chi connectivity index (χ4v) is 2.54. The lowest BCUT2D eigenvalue weighted by molar-refractivity contribution is 0.404. The molecule has 0 amide bonds. The molecule has 0 saturated heterocycles. The van der Waals surface area contributed by atoms with E-state index in [2.05, 4.69) is 25.9 Å². The number of hydrogen-bond donors (Lipinski definition) is 0. The summed E-state index contributed by atoms with van der Waals surface area (Å²) in [7, 11) is 3.27. The molecule has 0 aliphatic rings. The SMILES string of the molecule is COc1ccc(OC)c(-c2nc(Br)c3cnccn23)c1. The molecule has 0 radical (unpaired) electrons. The van der Waals surface area contributed by atoms with Crippen molar-refractivity contribution in [3.8, 4) is 22.9 Å². The van der Waals surface area contributed by atoms with Crippen LogP contribution in [0.3, 0.4) is 0 Å². The number of ether oxygens (including phenoxy) is 2. The number of halogens is 1. The number of benzene rings is 1. The van der Waals surface area contributed by atoms with E-state index in [-0.39, 0.29) is 0 Å². The zero-order chi connectivity index (χ0) is 14.1. The molecule has 102 valence electrons. The van der Waals surface area contributed by atoms with Crippen LogP contribution in [0.15, 0.2) is 41.4 Å². The van der Waals surface area contributed by atoms with E-state index in [1.54, 1.807) is 26.6 Å². The van der Waals surface area contributed by atoms with Crippen molar-refractivity contribution in [2.45, 2.75) is 0 Å². The van der Waals surface area contributed by atoms with Crippen LogP contribution in [-0.4, -0.2) is 28.6 Å². The largest absolute Gasteiger partial charge is 0.497 e. The number of methoxy groups -OCH3 is 2. The topological polar surface area (TPSA) is 48.7 Å². The molecule has 2 heterocycles. The Bertz CT molecular complexity index is 770. The van der Waals surface area contributed by atoms with E-state index in [0.29, 0.717) is 0 Å². The molecular formula is C14H12BrN3O2. The van der Waals surface area contributed by atoms with Gasteiger partial charge in [-0.1, -0.05) is 0 Å². The minimum Gasteiger partial charge on any atom is -0.497 e. The molecule has 2 aromatic heterocycles. The second-order valence-corrected chi connectivity index (χ2v) is 4.88. The fraction of sp³-hybridized carbons (Fsp3) is 0.143. The second-order valence-electron chi connectivity index (χ2n) is 4.12. The second kappa shape index (κ2) is 5.13. The third kappa shape index (κ3) is 2.02. The standard InChI is InChI=1S/C14H12BrN3O2/c1-19-9-3-4-12(20-2)10(7-9)14-17-13(15)11-8-16-5-6-18(11)14/h3-8H,1-2H3. The zero-order valence-electron chi connectivity index (χ0n) is 11.0. The highest BCUT2D eigenvalue weighted by molar-refractivity contribution is 9.10. The van der Waals surface area contributed by atoms with Gasteiger partial charge in [-0.15, -0.1) is 0 Å². The van der Waals surface area contributed by atoms with Crippen molar-refractivity contribution < 1.29 is 9.47 Å². The van der Waals surface area contributed by atoms with Crippen molar-refractivity contribution in [2.24, 2.45) is 0 Å². The molecule has 3 rings (SSSR count). The average Bonchev–Trinajstić information content (AvgIpc) is 2.84. The number of aromatic nitrogens is 3. The first-order valence-electron chi connectivity index (χ1n) is 5.94. The van der Waals surface area contributed by atoms with Crippen LogP contribution in [0.5, 0.6) is 11.5 Å². The third-order valence-electron chi connectivity index (χ3n) is 3.05. The van der Waals surface area contributed by atoms with Gasteiger partial charge in [-0.25, -0.2) is 4.98 Å². The number of imidazole rings is 1. The molecule has 1 aromatic carbocycles. The highest BCUT2D eigenvalue weighted by atomic mass is 79.9. The highest BCUT2D eigenvalue weighted by Gasteiger charge is 2.15. The summed E-state index contributed by atoms with van der Waals surface area (Å²) in [5.74, 6) is 2.26. The predicted molar refractivity (Wildman–Crippen MR) is 79.2 cm³/mol. The van der Waals surface area contributed by atoms with Gasteiger partial charge in [-0.3, -0.25) is 9.38 Å². The third-order valence-corrected chi connectivity index (χ3v) is 3.63. The van der Waals surface area contributed by atoms with Gasteiger partial charge in [0.25, 0.3) is 0 Å². The lowest BCUT2D eigenvalue weighted by atomic mass is 10.1. The van der Waals surface area contributed by atoms with Crippen molar-refractivity contribution in [3.63, 3.8) is 0 Å². The Kier molecular flexibility index (Phi) is 3.31. The first-order chi connectivity index (χ1) is 9.74. The van der Waals surface area contributed by atoms with Gasteiger partial charge in [0.2, 0.25) is 0 Å². The van der Waals surface area contributed by atoms with Gasteiger partial charge in [0.15, 0.2) is 0 Å². The Labute approximate surface area is 124 Å². The van der Waals surface area contributed by atoms with Gasteiger partial charge in [-0.2, -0.15) is 0 Å². The molecule has 3 aromatic rings. The Morgan fingerprint density at radius 2 is 2.05 bits per heavy atom. The van der Waals surface area contributed by atoms with Gasteiger partial charge in [0.05, 0.1) is 31.5 Å². The van der Waals surface area contributed by atoms with E-state index in [0.717, 1.165) is 33.0 Å². The molecule has 0 atom stereocenters. The summed E-state index contributed by atoms with van der Waals surface area (Å²) in [6, 6.07) is 5.62. The lowest BCUT2D eigenvalue weighted by Crippen LogP contribution is -1.94. The molecule has 20 heavy (non-hydrogen) atoms. The van der Waals surface area contributed by atoms with Gasteiger partial charge in [-0.05, 0) is 34.1 Å². The number of fused-ring (bicyclic) bond motifs is 1. The number of rotatable bonds is 3. The molecule has 0 aliphatic carbocycles. The molecule has 6 heteroatoms. The zero-order valence-corrected chi connectivity index (χ0v) is 12.6. The van der Waals surface area contributed by atoms with Crippen LogP contribution in [-0.2, 0) is 0 Å². The van der Waals surface area contributed by atoms with E-state index in [9.17, 15) is 0 Å². The van der Waals surface area contributed by atoms with Gasteiger partial charge >= 0.3 is 0 Å². The Morgan fingerprint density at radius 1 is 1.20 bits per heavy atom. The van der Waals surface area contributed by atoms with Crippen LogP contribution in [0.2, 0.25) is 0 Å². The maximum Gasteiger partial charge on any atom is 0.149 e. The van der Waals surface area contributed by atoms with Crippen LogP contribution in [0.1, 0.15) is 0 Å². The normalized spacial score (nSPS) is 10.8. The van der Waals surface area contributed by atoms with Crippen molar-refractivity contribution in [2.75, 3.05) is 14.2 Å². The molecule has 5 nitrogen and oxygen atoms in total. The van der Waals surface area contributed by atoms with Gasteiger partial charge in [0.1, 0.15) is 21.9 Å². The fourth-order valence-electron chi connectivity index (χ4n) is 2.08. The van der Waals surface area contributed by atoms with Crippen LogP contribution in [0.25, 0.3) is 16.9 Å². The van der Waals surface area contributed by atoms with E-state index >= 15 is 0 Å². The summed E-state index contributed by atoms with van der Waals surface area (Å²) in [6.07, 6.45) is 5.34. The monoisotopic (exact) mass is 333 g/mol. The van der Waals surface area contributed by atoms with E-state index in [1.807, 2.05) is 28.8 Å². The van der Waals surface area contributed by atoms with Crippen LogP contribution >= 0.6 is 15.9 Å².